The molecule has 0 saturated carbocycles. The maximum Gasteiger partial charge on any atom is 0.416 e. The van der Waals surface area contributed by atoms with Crippen LogP contribution >= 0.6 is 0 Å². The number of aryl methyl sites for hydroxylation is 1. The van der Waals surface area contributed by atoms with Crippen LogP contribution in [0.2, 0.25) is 0 Å². The zero-order valence-electron chi connectivity index (χ0n) is 19.0. The monoisotopic (exact) mass is 492 g/mol. The normalized spacial score (nSPS) is 16.3. The predicted octanol–water partition coefficient (Wildman–Crippen LogP) is 7.22. The first-order valence-corrected chi connectivity index (χ1v) is 11.5. The van der Waals surface area contributed by atoms with Gasteiger partial charge in [-0.15, -0.1) is 0 Å². The summed E-state index contributed by atoms with van der Waals surface area (Å²) in [4.78, 5) is 4.55. The van der Waals surface area contributed by atoms with Gasteiger partial charge < -0.3 is 4.90 Å². The molecule has 0 bridgehead atoms. The minimum atomic E-state index is -4.84. The van der Waals surface area contributed by atoms with E-state index in [1.807, 2.05) is 48.5 Å². The van der Waals surface area contributed by atoms with Crippen molar-refractivity contribution in [3.8, 4) is 0 Å². The second kappa shape index (κ2) is 10.3. The van der Waals surface area contributed by atoms with Gasteiger partial charge in [0.1, 0.15) is 0 Å². The molecule has 35 heavy (non-hydrogen) atoms. The van der Waals surface area contributed by atoms with Crippen molar-refractivity contribution in [2.24, 2.45) is 0 Å². The van der Waals surface area contributed by atoms with Crippen molar-refractivity contribution in [2.45, 2.75) is 31.2 Å². The van der Waals surface area contributed by atoms with Crippen LogP contribution in [0.15, 0.2) is 78.9 Å². The highest BCUT2D eigenvalue weighted by Crippen LogP contribution is 2.37. The summed E-state index contributed by atoms with van der Waals surface area (Å²) in [7, 11) is 0. The summed E-state index contributed by atoms with van der Waals surface area (Å²) in [5, 5.41) is 0. The number of anilines is 1. The quantitative estimate of drug-likeness (QED) is 0.335. The van der Waals surface area contributed by atoms with Gasteiger partial charge >= 0.3 is 12.4 Å². The van der Waals surface area contributed by atoms with E-state index in [9.17, 15) is 26.3 Å². The maximum atomic E-state index is 13.3. The lowest BCUT2D eigenvalue weighted by Crippen LogP contribution is -2.47. The van der Waals surface area contributed by atoms with Gasteiger partial charge in [0.15, 0.2) is 0 Å². The number of nitrogens with zero attached hydrogens (tertiary/aromatic N) is 2. The van der Waals surface area contributed by atoms with E-state index in [2.05, 4.69) is 21.9 Å². The third-order valence-corrected chi connectivity index (χ3v) is 6.41. The molecule has 0 amide bonds. The molecule has 0 aliphatic carbocycles. The maximum absolute atomic E-state index is 13.3. The molecule has 4 rings (SSSR count). The molecule has 1 aliphatic rings. The van der Waals surface area contributed by atoms with Crippen molar-refractivity contribution in [2.75, 3.05) is 31.1 Å². The molecule has 1 heterocycles. The fraction of sp³-hybridized carbons (Fsp3) is 0.333. The number of piperazine rings is 1. The largest absolute Gasteiger partial charge is 0.416 e. The topological polar surface area (TPSA) is 6.48 Å². The fourth-order valence-electron chi connectivity index (χ4n) is 4.63. The van der Waals surface area contributed by atoms with Gasteiger partial charge in [-0.25, -0.2) is 0 Å². The van der Waals surface area contributed by atoms with Crippen molar-refractivity contribution in [3.63, 3.8) is 0 Å². The summed E-state index contributed by atoms with van der Waals surface area (Å²) in [5.41, 5.74) is -0.364. The molecule has 0 radical (unpaired) electrons. The van der Waals surface area contributed by atoms with Gasteiger partial charge in [-0.1, -0.05) is 48.5 Å². The number of halogens is 6. The molecule has 1 unspecified atom stereocenters. The Morgan fingerprint density at radius 3 is 1.69 bits per heavy atom. The van der Waals surface area contributed by atoms with E-state index < -0.39 is 23.5 Å². The van der Waals surface area contributed by atoms with Crippen LogP contribution in [0, 0.1) is 0 Å². The van der Waals surface area contributed by atoms with Gasteiger partial charge in [0.05, 0.1) is 11.1 Å². The van der Waals surface area contributed by atoms with E-state index in [1.54, 1.807) is 0 Å². The first-order valence-electron chi connectivity index (χ1n) is 11.5. The lowest BCUT2D eigenvalue weighted by Gasteiger charge is -2.40. The second-order valence-electron chi connectivity index (χ2n) is 8.74. The highest BCUT2D eigenvalue weighted by Gasteiger charge is 2.37. The van der Waals surface area contributed by atoms with Crippen LogP contribution in [0.4, 0.5) is 32.0 Å². The third-order valence-electron chi connectivity index (χ3n) is 6.41. The molecule has 1 aliphatic heterocycles. The molecule has 3 aromatic rings. The Kier molecular flexibility index (Phi) is 7.40. The van der Waals surface area contributed by atoms with E-state index in [0.29, 0.717) is 6.42 Å². The Morgan fingerprint density at radius 2 is 1.17 bits per heavy atom. The smallest absolute Gasteiger partial charge is 0.369 e. The molecule has 8 heteroatoms. The average Bonchev–Trinajstić information content (AvgIpc) is 2.84. The van der Waals surface area contributed by atoms with Crippen molar-refractivity contribution < 1.29 is 26.3 Å². The van der Waals surface area contributed by atoms with Crippen molar-refractivity contribution in [3.05, 3.63) is 101 Å². The Balaban J connectivity index is 1.54. The van der Waals surface area contributed by atoms with Crippen LogP contribution in [-0.2, 0) is 18.8 Å². The SMILES string of the molecule is FC(F)(F)c1cc(CCC(c2ccccc2)N2CCN(c3ccccc3)CC2)cc(C(F)(F)F)c1. The molecular weight excluding hydrogens is 466 g/mol. The third kappa shape index (κ3) is 6.36. The number of benzene rings is 3. The van der Waals surface area contributed by atoms with E-state index in [1.165, 1.54) is 0 Å². The first kappa shape index (κ1) is 25.1. The van der Waals surface area contributed by atoms with Crippen LogP contribution in [0.1, 0.15) is 34.7 Å². The van der Waals surface area contributed by atoms with Gasteiger partial charge in [0.25, 0.3) is 0 Å². The van der Waals surface area contributed by atoms with E-state index >= 15 is 0 Å². The van der Waals surface area contributed by atoms with Gasteiger partial charge in [-0.2, -0.15) is 26.3 Å². The van der Waals surface area contributed by atoms with Gasteiger partial charge in [0, 0.05) is 37.9 Å². The number of hydrogen-bond donors (Lipinski definition) is 0. The Morgan fingerprint density at radius 1 is 0.657 bits per heavy atom. The number of alkyl halides is 6. The van der Waals surface area contributed by atoms with Gasteiger partial charge in [0.2, 0.25) is 0 Å². The number of hydrogen-bond acceptors (Lipinski definition) is 2. The lowest BCUT2D eigenvalue weighted by atomic mass is 9.95. The van der Waals surface area contributed by atoms with E-state index in [4.69, 9.17) is 0 Å². The average molecular weight is 493 g/mol. The fourth-order valence-corrected chi connectivity index (χ4v) is 4.63. The zero-order valence-corrected chi connectivity index (χ0v) is 19.0. The molecule has 2 nitrogen and oxygen atoms in total. The zero-order chi connectivity index (χ0) is 25.1. The summed E-state index contributed by atoms with van der Waals surface area (Å²) in [6.45, 7) is 3.06. The summed E-state index contributed by atoms with van der Waals surface area (Å²) >= 11 is 0. The Bertz CT molecular complexity index is 1060. The minimum absolute atomic E-state index is 0.0380. The molecule has 0 N–H and O–H groups in total. The summed E-state index contributed by atoms with van der Waals surface area (Å²) in [6.07, 6.45) is -9.18. The molecule has 3 aromatic carbocycles. The lowest BCUT2D eigenvalue weighted by molar-refractivity contribution is -0.143. The minimum Gasteiger partial charge on any atom is -0.369 e. The molecular formula is C27H26F6N2. The Hall–Kier alpha value is -3.00. The van der Waals surface area contributed by atoms with E-state index in [-0.39, 0.29) is 24.1 Å². The van der Waals surface area contributed by atoms with Crippen molar-refractivity contribution >= 4 is 5.69 Å². The Labute approximate surface area is 200 Å². The van der Waals surface area contributed by atoms with E-state index in [0.717, 1.165) is 49.6 Å². The van der Waals surface area contributed by atoms with Gasteiger partial charge in [-0.05, 0) is 54.3 Å². The highest BCUT2D eigenvalue weighted by atomic mass is 19.4. The molecule has 1 fully saturated rings. The van der Waals surface area contributed by atoms with Crippen molar-refractivity contribution in [1.82, 2.24) is 4.90 Å². The molecule has 0 spiro atoms. The van der Waals surface area contributed by atoms with Crippen LogP contribution in [0.25, 0.3) is 0 Å². The number of rotatable bonds is 6. The van der Waals surface area contributed by atoms with Crippen molar-refractivity contribution in [1.29, 1.82) is 0 Å². The molecule has 1 saturated heterocycles. The second-order valence-corrected chi connectivity index (χ2v) is 8.74. The van der Waals surface area contributed by atoms with Crippen LogP contribution in [0.3, 0.4) is 0 Å². The highest BCUT2D eigenvalue weighted by molar-refractivity contribution is 5.46. The molecule has 1 atom stereocenters. The molecule has 186 valence electrons. The molecule has 0 aromatic heterocycles. The van der Waals surface area contributed by atoms with Gasteiger partial charge in [-0.3, -0.25) is 4.90 Å². The van der Waals surface area contributed by atoms with Crippen LogP contribution in [-0.4, -0.2) is 31.1 Å². The standard InChI is InChI=1S/C27H26F6N2/c28-26(29,30)22-17-20(18-23(19-22)27(31,32)33)11-12-25(21-7-3-1-4-8-21)35-15-13-34(14-16-35)24-9-5-2-6-10-24/h1-10,17-19,25H,11-16H2. The summed E-state index contributed by atoms with van der Waals surface area (Å²) in [6, 6.07) is 21.4. The summed E-state index contributed by atoms with van der Waals surface area (Å²) in [5.74, 6) is 0. The van der Waals surface area contributed by atoms with Crippen LogP contribution < -0.4 is 4.90 Å². The summed E-state index contributed by atoms with van der Waals surface area (Å²) < 4.78 is 79.7. The first-order chi connectivity index (χ1) is 16.6. The van der Waals surface area contributed by atoms with Crippen LogP contribution in [0.5, 0.6) is 0 Å². The predicted molar refractivity (Wildman–Crippen MR) is 124 cm³/mol. The number of para-hydroxylation sites is 1.